The van der Waals surface area contributed by atoms with Crippen LogP contribution in [-0.2, 0) is 11.3 Å². The van der Waals surface area contributed by atoms with Crippen molar-refractivity contribution in [3.05, 3.63) is 53.1 Å². The summed E-state index contributed by atoms with van der Waals surface area (Å²) >= 11 is 1.97. The Morgan fingerprint density at radius 2 is 2.03 bits per heavy atom. The van der Waals surface area contributed by atoms with Crippen LogP contribution in [0, 0.1) is 11.3 Å². The first kappa shape index (κ1) is 21.1. The number of hydrogen-bond donors (Lipinski definition) is 1. The number of methoxy groups -OCH3 is 1. The minimum atomic E-state index is -0.480. The number of hydrogen-bond acceptors (Lipinski definition) is 7. The summed E-state index contributed by atoms with van der Waals surface area (Å²) in [6.45, 7) is 3.01. The fourth-order valence-corrected chi connectivity index (χ4v) is 4.48. The molecule has 0 aromatic heterocycles. The van der Waals surface area contributed by atoms with Crippen molar-refractivity contribution < 1.29 is 19.0 Å². The molecular weight excluding hydrogens is 414 g/mol. The van der Waals surface area contributed by atoms with E-state index >= 15 is 0 Å². The van der Waals surface area contributed by atoms with Crippen LogP contribution in [0.4, 0.5) is 5.69 Å². The second-order valence-electron chi connectivity index (χ2n) is 7.15. The molecule has 2 aromatic carbocycles. The molecule has 31 heavy (non-hydrogen) atoms. The molecule has 0 aliphatic carbocycles. The first-order valence-electron chi connectivity index (χ1n) is 9.96. The minimum absolute atomic E-state index is 0.0168. The third kappa shape index (κ3) is 5.13. The zero-order valence-corrected chi connectivity index (χ0v) is 18.0. The van der Waals surface area contributed by atoms with Gasteiger partial charge in [0.15, 0.2) is 11.5 Å². The number of carbonyl (C=O) groups excluding carboxylic acids is 1. The minimum Gasteiger partial charge on any atom is -0.496 e. The highest BCUT2D eigenvalue weighted by Gasteiger charge is 2.17. The maximum Gasteiger partial charge on any atom is 0.266 e. The highest BCUT2D eigenvalue weighted by molar-refractivity contribution is 7.99. The third-order valence-electron chi connectivity index (χ3n) is 5.11. The van der Waals surface area contributed by atoms with E-state index in [9.17, 15) is 10.1 Å². The maximum atomic E-state index is 12.7. The van der Waals surface area contributed by atoms with Crippen molar-refractivity contribution in [1.82, 2.24) is 4.90 Å². The largest absolute Gasteiger partial charge is 0.496 e. The van der Waals surface area contributed by atoms with Gasteiger partial charge < -0.3 is 19.5 Å². The molecular formula is C23H23N3O4S. The summed E-state index contributed by atoms with van der Waals surface area (Å²) in [7, 11) is 1.65. The number of benzene rings is 2. The van der Waals surface area contributed by atoms with Crippen molar-refractivity contribution in [2.45, 2.75) is 6.54 Å². The van der Waals surface area contributed by atoms with Crippen molar-refractivity contribution in [2.75, 3.05) is 43.8 Å². The molecule has 1 saturated heterocycles. The van der Waals surface area contributed by atoms with Gasteiger partial charge in [-0.15, -0.1) is 0 Å². The van der Waals surface area contributed by atoms with E-state index in [1.807, 2.05) is 36.0 Å². The van der Waals surface area contributed by atoms with Crippen LogP contribution in [0.1, 0.15) is 11.1 Å². The number of carbonyl (C=O) groups is 1. The van der Waals surface area contributed by atoms with Gasteiger partial charge in [-0.3, -0.25) is 9.69 Å². The summed E-state index contributed by atoms with van der Waals surface area (Å²) < 4.78 is 16.1. The Balaban J connectivity index is 1.51. The lowest BCUT2D eigenvalue weighted by molar-refractivity contribution is -0.112. The number of fused-ring (bicyclic) bond motifs is 1. The Hall–Kier alpha value is -3.15. The van der Waals surface area contributed by atoms with Crippen molar-refractivity contribution in [3.63, 3.8) is 0 Å². The molecule has 0 bridgehead atoms. The van der Waals surface area contributed by atoms with E-state index in [1.54, 1.807) is 31.4 Å². The average molecular weight is 438 g/mol. The topological polar surface area (TPSA) is 83.8 Å². The predicted octanol–water partition coefficient (Wildman–Crippen LogP) is 3.52. The first-order chi connectivity index (χ1) is 15.2. The van der Waals surface area contributed by atoms with Crippen molar-refractivity contribution in [3.8, 4) is 23.3 Å². The van der Waals surface area contributed by atoms with Crippen LogP contribution in [-0.4, -0.2) is 49.3 Å². The van der Waals surface area contributed by atoms with E-state index in [2.05, 4.69) is 10.2 Å². The Kier molecular flexibility index (Phi) is 6.65. The lowest BCUT2D eigenvalue weighted by Crippen LogP contribution is -2.32. The van der Waals surface area contributed by atoms with Crippen LogP contribution in [0.3, 0.4) is 0 Å². The fourth-order valence-electron chi connectivity index (χ4n) is 3.50. The summed E-state index contributed by atoms with van der Waals surface area (Å²) in [4.78, 5) is 15.1. The van der Waals surface area contributed by atoms with E-state index in [0.717, 1.165) is 48.0 Å². The Bertz CT molecular complexity index is 1040. The summed E-state index contributed by atoms with van der Waals surface area (Å²) in [5, 5.41) is 12.3. The molecule has 2 aliphatic heterocycles. The van der Waals surface area contributed by atoms with Crippen LogP contribution < -0.4 is 19.5 Å². The van der Waals surface area contributed by atoms with E-state index in [0.29, 0.717) is 17.2 Å². The molecule has 160 valence electrons. The summed E-state index contributed by atoms with van der Waals surface area (Å²) in [5.41, 5.74) is 2.37. The first-order valence-corrected chi connectivity index (χ1v) is 11.1. The number of anilines is 1. The van der Waals surface area contributed by atoms with Gasteiger partial charge in [-0.05, 0) is 35.9 Å². The monoisotopic (exact) mass is 437 g/mol. The van der Waals surface area contributed by atoms with E-state index in [-0.39, 0.29) is 12.4 Å². The second kappa shape index (κ2) is 9.77. The SMILES string of the molecule is COc1ccc(/C=C(\C#N)C(=O)Nc2ccc3c(c2)OCO3)cc1CN1CCSCC1. The third-order valence-corrected chi connectivity index (χ3v) is 6.05. The van der Waals surface area contributed by atoms with Gasteiger partial charge in [0.25, 0.3) is 5.91 Å². The second-order valence-corrected chi connectivity index (χ2v) is 8.38. The van der Waals surface area contributed by atoms with E-state index in [4.69, 9.17) is 14.2 Å². The van der Waals surface area contributed by atoms with Crippen molar-refractivity contribution >= 4 is 29.4 Å². The molecule has 4 rings (SSSR count). The quantitative estimate of drug-likeness (QED) is 0.547. The molecule has 0 unspecified atom stereocenters. The van der Waals surface area contributed by atoms with Crippen LogP contribution in [0.15, 0.2) is 42.0 Å². The van der Waals surface area contributed by atoms with Gasteiger partial charge in [-0.25, -0.2) is 0 Å². The normalized spacial score (nSPS) is 15.9. The lowest BCUT2D eigenvalue weighted by Gasteiger charge is -2.26. The predicted molar refractivity (Wildman–Crippen MR) is 120 cm³/mol. The van der Waals surface area contributed by atoms with Gasteiger partial charge in [-0.2, -0.15) is 17.0 Å². The molecule has 2 heterocycles. The van der Waals surface area contributed by atoms with Crippen LogP contribution in [0.25, 0.3) is 6.08 Å². The molecule has 2 aliphatic rings. The molecule has 1 amide bonds. The molecule has 8 heteroatoms. The fraction of sp³-hybridized carbons (Fsp3) is 0.304. The summed E-state index contributed by atoms with van der Waals surface area (Å²) in [5.74, 6) is 3.77. The zero-order valence-electron chi connectivity index (χ0n) is 17.2. The van der Waals surface area contributed by atoms with Gasteiger partial charge in [0.05, 0.1) is 7.11 Å². The molecule has 1 fully saturated rings. The number of ether oxygens (including phenoxy) is 3. The summed E-state index contributed by atoms with van der Waals surface area (Å²) in [6.07, 6.45) is 1.59. The van der Waals surface area contributed by atoms with Gasteiger partial charge >= 0.3 is 0 Å². The Morgan fingerprint density at radius 1 is 1.23 bits per heavy atom. The van der Waals surface area contributed by atoms with E-state index in [1.165, 1.54) is 0 Å². The number of thioether (sulfide) groups is 1. The van der Waals surface area contributed by atoms with Crippen LogP contribution >= 0.6 is 11.8 Å². The molecule has 0 saturated carbocycles. The number of rotatable bonds is 6. The standard InChI is InChI=1S/C23H23N3O4S/c1-28-20-4-2-16(11-18(20)14-26-6-8-31-9-7-26)10-17(13-24)23(27)25-19-3-5-21-22(12-19)30-15-29-21/h2-5,10-12H,6-9,14-15H2,1H3,(H,25,27)/b17-10+. The van der Waals surface area contributed by atoms with Gasteiger partial charge in [-0.1, -0.05) is 6.07 Å². The van der Waals surface area contributed by atoms with Crippen molar-refractivity contribution in [1.29, 1.82) is 5.26 Å². The molecule has 0 spiro atoms. The smallest absolute Gasteiger partial charge is 0.266 e. The molecule has 0 radical (unpaired) electrons. The van der Waals surface area contributed by atoms with Gasteiger partial charge in [0.2, 0.25) is 6.79 Å². The Labute approximate surface area is 185 Å². The van der Waals surface area contributed by atoms with E-state index < -0.39 is 5.91 Å². The Morgan fingerprint density at radius 3 is 2.81 bits per heavy atom. The number of nitrogens with zero attached hydrogens (tertiary/aromatic N) is 2. The van der Waals surface area contributed by atoms with Crippen LogP contribution in [0.5, 0.6) is 17.2 Å². The highest BCUT2D eigenvalue weighted by Crippen LogP contribution is 2.34. The maximum absolute atomic E-state index is 12.7. The molecule has 0 atom stereocenters. The molecule has 2 aromatic rings. The van der Waals surface area contributed by atoms with Crippen LogP contribution in [0.2, 0.25) is 0 Å². The summed E-state index contributed by atoms with van der Waals surface area (Å²) in [6, 6.07) is 12.8. The highest BCUT2D eigenvalue weighted by atomic mass is 32.2. The number of nitriles is 1. The number of nitrogens with one attached hydrogen (secondary N) is 1. The molecule has 7 nitrogen and oxygen atoms in total. The zero-order chi connectivity index (χ0) is 21.6. The van der Waals surface area contributed by atoms with Gasteiger partial charge in [0.1, 0.15) is 17.4 Å². The lowest BCUT2D eigenvalue weighted by atomic mass is 10.1. The van der Waals surface area contributed by atoms with Gasteiger partial charge in [0, 0.05) is 48.5 Å². The average Bonchev–Trinajstić information content (AvgIpc) is 3.26. The number of amides is 1. The molecule has 1 N–H and O–H groups in total. The van der Waals surface area contributed by atoms with Crippen molar-refractivity contribution in [2.24, 2.45) is 0 Å².